The Morgan fingerprint density at radius 1 is 1.08 bits per heavy atom. The lowest BCUT2D eigenvalue weighted by Gasteiger charge is -2.53. The number of nitrogens with zero attached hydrogens (tertiary/aromatic N) is 1. The number of likely N-dealkylation sites (N-methyl/N-ethyl adjacent to an activating group) is 1. The first kappa shape index (κ1) is 19.5. The van der Waals surface area contributed by atoms with Gasteiger partial charge in [0.15, 0.2) is 0 Å². The molecule has 2 aromatic heterocycles. The van der Waals surface area contributed by atoms with Crippen molar-refractivity contribution in [1.82, 2.24) is 0 Å². The Balaban J connectivity index is 0.00000182. The van der Waals surface area contributed by atoms with Crippen molar-refractivity contribution in [3.63, 3.8) is 0 Å². The average molecular weight is 444 g/mol. The number of rotatable bonds is 4. The van der Waals surface area contributed by atoms with Crippen LogP contribution in [0.5, 0.6) is 0 Å². The van der Waals surface area contributed by atoms with Gasteiger partial charge in [-0.25, -0.2) is 0 Å². The van der Waals surface area contributed by atoms with Crippen molar-refractivity contribution in [3.05, 3.63) is 44.8 Å². The first-order valence-electron chi connectivity index (χ1n) is 8.71. The van der Waals surface area contributed by atoms with Crippen molar-refractivity contribution in [1.29, 1.82) is 0 Å². The van der Waals surface area contributed by atoms with E-state index in [9.17, 15) is 5.11 Å². The van der Waals surface area contributed by atoms with Crippen molar-refractivity contribution in [2.24, 2.45) is 5.92 Å². The van der Waals surface area contributed by atoms with Crippen LogP contribution in [0.15, 0.2) is 35.0 Å². The summed E-state index contributed by atoms with van der Waals surface area (Å²) in [6.07, 6.45) is 3.10. The number of hydrogen-bond acceptors (Lipinski definition) is 4. The van der Waals surface area contributed by atoms with E-state index in [1.165, 1.54) is 0 Å². The summed E-state index contributed by atoms with van der Waals surface area (Å²) in [5.74, 6) is 0.546. The monoisotopic (exact) mass is 443 g/mol. The highest BCUT2D eigenvalue weighted by atomic mass is 79.9. The van der Waals surface area contributed by atoms with E-state index in [1.807, 2.05) is 12.1 Å². The molecule has 4 heterocycles. The average Bonchev–Trinajstić information content (AvgIpc) is 3.22. The molecule has 6 heteroatoms. The highest BCUT2D eigenvalue weighted by Gasteiger charge is 2.49. The van der Waals surface area contributed by atoms with Crippen LogP contribution in [0.4, 0.5) is 0 Å². The maximum atomic E-state index is 11.7. The van der Waals surface area contributed by atoms with Crippen molar-refractivity contribution < 1.29 is 31.3 Å². The van der Waals surface area contributed by atoms with Crippen molar-refractivity contribution in [3.8, 4) is 0 Å². The zero-order valence-corrected chi connectivity index (χ0v) is 17.9. The van der Waals surface area contributed by atoms with E-state index in [0.717, 1.165) is 46.7 Å². The number of hydrogen-bond donors (Lipinski definition) is 1. The molecule has 0 saturated carbocycles. The van der Waals surface area contributed by atoms with Gasteiger partial charge in [0.2, 0.25) is 0 Å². The third-order valence-electron chi connectivity index (χ3n) is 6.16. The van der Waals surface area contributed by atoms with Gasteiger partial charge < -0.3 is 31.3 Å². The number of piperidine rings is 1. The summed E-state index contributed by atoms with van der Waals surface area (Å²) in [6.45, 7) is 1.72. The minimum Gasteiger partial charge on any atom is -1.00 e. The Hall–Kier alpha value is -0.240. The molecule has 2 saturated heterocycles. The van der Waals surface area contributed by atoms with E-state index in [-0.39, 0.29) is 17.0 Å². The number of aliphatic hydroxyl groups is 1. The molecule has 3 nitrogen and oxygen atoms in total. The molecular formula is C19H26BrNO2S2. The molecule has 0 aliphatic carbocycles. The Labute approximate surface area is 168 Å². The van der Waals surface area contributed by atoms with Gasteiger partial charge in [0.25, 0.3) is 0 Å². The van der Waals surface area contributed by atoms with Gasteiger partial charge in [-0.05, 0) is 35.2 Å². The lowest BCUT2D eigenvalue weighted by atomic mass is 9.76. The molecule has 2 aromatic rings. The molecule has 2 bridgehead atoms. The van der Waals surface area contributed by atoms with E-state index in [2.05, 4.69) is 37.0 Å². The topological polar surface area (TPSA) is 29.5 Å². The lowest BCUT2D eigenvalue weighted by molar-refractivity contribution is -0.953. The highest BCUT2D eigenvalue weighted by molar-refractivity contribution is 7.11. The molecule has 4 rings (SSSR count). The van der Waals surface area contributed by atoms with E-state index < -0.39 is 5.60 Å². The molecular weight excluding hydrogens is 418 g/mol. The number of fused-ring (bicyclic) bond motifs is 2. The van der Waals surface area contributed by atoms with E-state index in [4.69, 9.17) is 4.74 Å². The Bertz CT molecular complexity index is 621. The van der Waals surface area contributed by atoms with Crippen LogP contribution >= 0.6 is 22.7 Å². The zero-order valence-electron chi connectivity index (χ0n) is 14.7. The Morgan fingerprint density at radius 2 is 1.60 bits per heavy atom. The highest BCUT2D eigenvalue weighted by Crippen LogP contribution is 2.45. The van der Waals surface area contributed by atoms with E-state index in [1.54, 1.807) is 22.7 Å². The Kier molecular flexibility index (Phi) is 5.78. The number of thiophene rings is 2. The van der Waals surface area contributed by atoms with Gasteiger partial charge in [0.1, 0.15) is 17.7 Å². The molecule has 25 heavy (non-hydrogen) atoms. The third-order valence-corrected chi connectivity index (χ3v) is 8.20. The fourth-order valence-electron chi connectivity index (χ4n) is 4.50. The van der Waals surface area contributed by atoms with Crippen LogP contribution in [-0.2, 0) is 10.3 Å². The minimum absolute atomic E-state index is 0. The molecule has 0 amide bonds. The summed E-state index contributed by atoms with van der Waals surface area (Å²) in [5.41, 5.74) is -0.837. The predicted octanol–water partition coefficient (Wildman–Crippen LogP) is 0.693. The van der Waals surface area contributed by atoms with Gasteiger partial charge >= 0.3 is 0 Å². The summed E-state index contributed by atoms with van der Waals surface area (Å²) in [6, 6.07) is 9.36. The molecule has 0 aromatic carbocycles. The molecule has 0 unspecified atom stereocenters. The van der Waals surface area contributed by atoms with E-state index in [0.29, 0.717) is 18.0 Å². The summed E-state index contributed by atoms with van der Waals surface area (Å²) in [4.78, 5) is 2.15. The number of halogens is 1. The first-order valence-corrected chi connectivity index (χ1v) is 10.5. The largest absolute Gasteiger partial charge is 1.00 e. The maximum absolute atomic E-state index is 11.7. The molecule has 0 spiro atoms. The molecule has 138 valence electrons. The second kappa shape index (κ2) is 7.41. The second-order valence-corrected chi connectivity index (χ2v) is 9.73. The SMILES string of the molecule is C[N+]1(C)[C@@H]2COC[C@H]1C[C@H](CC(O)(c1cccs1)c1cccs1)C2.[Br-]. The lowest BCUT2D eigenvalue weighted by Crippen LogP contribution is -3.00. The first-order chi connectivity index (χ1) is 11.5. The smallest absolute Gasteiger partial charge is 0.133 e. The van der Waals surface area contributed by atoms with Gasteiger partial charge in [-0.3, -0.25) is 0 Å². The molecule has 0 radical (unpaired) electrons. The summed E-state index contributed by atoms with van der Waals surface area (Å²) < 4.78 is 6.90. The fourth-order valence-corrected chi connectivity index (χ4v) is 6.27. The van der Waals surface area contributed by atoms with Crippen LogP contribution in [0, 0.1) is 5.92 Å². The van der Waals surface area contributed by atoms with Crippen molar-refractivity contribution in [2.45, 2.75) is 36.9 Å². The van der Waals surface area contributed by atoms with Gasteiger partial charge in [-0.15, -0.1) is 22.7 Å². The number of quaternary nitrogens is 1. The fraction of sp³-hybridized carbons (Fsp3) is 0.579. The quantitative estimate of drug-likeness (QED) is 0.704. The standard InChI is InChI=1S/C19H26NO2S2.BrH/c1-20(2)15-9-14(10-16(20)13-22-12-15)11-19(21,17-5-3-7-23-17)18-6-4-8-24-18;/h3-8,14-16,21H,9-13H2,1-2H3;1H/q+1;/p-1/t14-,15+,16-;. The van der Waals surface area contributed by atoms with Crippen molar-refractivity contribution >= 4 is 22.7 Å². The molecule has 2 aliphatic heterocycles. The number of morpholine rings is 1. The minimum atomic E-state index is -0.837. The summed E-state index contributed by atoms with van der Waals surface area (Å²) in [5, 5.41) is 15.8. The van der Waals surface area contributed by atoms with Gasteiger partial charge in [-0.2, -0.15) is 0 Å². The van der Waals surface area contributed by atoms with Gasteiger partial charge in [0.05, 0.1) is 27.3 Å². The van der Waals surface area contributed by atoms with Gasteiger partial charge in [-0.1, -0.05) is 12.1 Å². The second-order valence-electron chi connectivity index (χ2n) is 7.83. The van der Waals surface area contributed by atoms with Crippen molar-refractivity contribution in [2.75, 3.05) is 27.3 Å². The van der Waals surface area contributed by atoms with Crippen LogP contribution in [0.25, 0.3) is 0 Å². The molecule has 1 N–H and O–H groups in total. The van der Waals surface area contributed by atoms with Crippen LogP contribution < -0.4 is 17.0 Å². The normalized spacial score (nSPS) is 28.4. The molecule has 3 atom stereocenters. The third kappa shape index (κ3) is 3.49. The van der Waals surface area contributed by atoms with E-state index >= 15 is 0 Å². The molecule has 2 fully saturated rings. The van der Waals surface area contributed by atoms with Crippen LogP contribution in [0.2, 0.25) is 0 Å². The molecule has 2 aliphatic rings. The number of ether oxygens (including phenoxy) is 1. The Morgan fingerprint density at radius 3 is 2.04 bits per heavy atom. The van der Waals surface area contributed by atoms with Crippen LogP contribution in [-0.4, -0.2) is 49.0 Å². The van der Waals surface area contributed by atoms with Gasteiger partial charge in [0, 0.05) is 22.6 Å². The zero-order chi connectivity index (χ0) is 16.8. The maximum Gasteiger partial charge on any atom is 0.133 e. The summed E-state index contributed by atoms with van der Waals surface area (Å²) in [7, 11) is 4.69. The van der Waals surface area contributed by atoms with Crippen LogP contribution in [0.1, 0.15) is 29.0 Å². The summed E-state index contributed by atoms with van der Waals surface area (Å²) >= 11 is 3.33. The van der Waals surface area contributed by atoms with Crippen LogP contribution in [0.3, 0.4) is 0 Å². The predicted molar refractivity (Wildman–Crippen MR) is 99.5 cm³/mol.